The average Bonchev–Trinajstić information content (AvgIpc) is 2.60. The second kappa shape index (κ2) is 8.24. The van der Waals surface area contributed by atoms with Gasteiger partial charge in [0.2, 0.25) is 0 Å². The topological polar surface area (TPSA) is 65.9 Å². The van der Waals surface area contributed by atoms with E-state index in [4.69, 9.17) is 4.74 Å². The summed E-state index contributed by atoms with van der Waals surface area (Å²) in [6, 6.07) is 13.5. The van der Waals surface area contributed by atoms with E-state index in [0.717, 1.165) is 5.56 Å². The summed E-state index contributed by atoms with van der Waals surface area (Å²) in [6.07, 6.45) is 0. The lowest BCUT2D eigenvalue weighted by Crippen LogP contribution is -2.38. The molecule has 0 aliphatic heterocycles. The maximum atomic E-state index is 9.96. The highest BCUT2D eigenvalue weighted by Gasteiger charge is 2.10. The molecule has 2 rings (SSSR count). The van der Waals surface area contributed by atoms with Gasteiger partial charge in [-0.05, 0) is 43.2 Å². The van der Waals surface area contributed by atoms with Gasteiger partial charge in [-0.3, -0.25) is 4.99 Å². The lowest BCUT2D eigenvalue weighted by Gasteiger charge is -2.20. The van der Waals surface area contributed by atoms with E-state index < -0.39 is 0 Å². The molecule has 0 aliphatic carbocycles. The Morgan fingerprint density at radius 3 is 2.67 bits per heavy atom. The van der Waals surface area contributed by atoms with Gasteiger partial charge in [0.05, 0.1) is 13.2 Å². The SMILES string of the molecule is CN=C(NCc1cc(OC)ccc1O)NC(C)c1ccccc1C. The molecule has 0 aliphatic rings. The van der Waals surface area contributed by atoms with Gasteiger partial charge in [0.25, 0.3) is 0 Å². The van der Waals surface area contributed by atoms with Crippen LogP contribution in [0.4, 0.5) is 0 Å². The Bertz CT molecular complexity index is 714. The summed E-state index contributed by atoms with van der Waals surface area (Å²) in [5, 5.41) is 16.5. The van der Waals surface area contributed by atoms with Gasteiger partial charge in [0, 0.05) is 19.2 Å². The highest BCUT2D eigenvalue weighted by Crippen LogP contribution is 2.22. The van der Waals surface area contributed by atoms with Crippen molar-refractivity contribution in [3.63, 3.8) is 0 Å². The number of methoxy groups -OCH3 is 1. The molecule has 128 valence electrons. The molecule has 0 heterocycles. The Labute approximate surface area is 143 Å². The summed E-state index contributed by atoms with van der Waals surface area (Å²) in [4.78, 5) is 4.25. The first-order valence-corrected chi connectivity index (χ1v) is 7.93. The lowest BCUT2D eigenvalue weighted by molar-refractivity contribution is 0.410. The minimum Gasteiger partial charge on any atom is -0.508 e. The first-order chi connectivity index (χ1) is 11.5. The molecule has 0 bridgehead atoms. The largest absolute Gasteiger partial charge is 0.508 e. The Morgan fingerprint density at radius 1 is 1.25 bits per heavy atom. The van der Waals surface area contributed by atoms with Gasteiger partial charge in [0.15, 0.2) is 5.96 Å². The quantitative estimate of drug-likeness (QED) is 0.583. The maximum absolute atomic E-state index is 9.96. The van der Waals surface area contributed by atoms with Crippen molar-refractivity contribution in [1.29, 1.82) is 0 Å². The highest BCUT2D eigenvalue weighted by atomic mass is 16.5. The molecule has 2 aromatic carbocycles. The zero-order valence-electron chi connectivity index (χ0n) is 14.6. The molecule has 0 fully saturated rings. The van der Waals surface area contributed by atoms with Crippen LogP contribution in [0.25, 0.3) is 0 Å². The van der Waals surface area contributed by atoms with Crippen LogP contribution < -0.4 is 15.4 Å². The van der Waals surface area contributed by atoms with Crippen molar-refractivity contribution >= 4 is 5.96 Å². The Balaban J connectivity index is 2.02. The van der Waals surface area contributed by atoms with Crippen molar-refractivity contribution in [2.45, 2.75) is 26.4 Å². The van der Waals surface area contributed by atoms with Crippen molar-refractivity contribution < 1.29 is 9.84 Å². The fourth-order valence-electron chi connectivity index (χ4n) is 2.56. The maximum Gasteiger partial charge on any atom is 0.191 e. The summed E-state index contributed by atoms with van der Waals surface area (Å²) >= 11 is 0. The first-order valence-electron chi connectivity index (χ1n) is 7.93. The number of phenols is 1. The monoisotopic (exact) mass is 327 g/mol. The predicted octanol–water partition coefficient (Wildman–Crippen LogP) is 3.14. The van der Waals surface area contributed by atoms with Gasteiger partial charge in [-0.2, -0.15) is 0 Å². The number of rotatable bonds is 5. The van der Waals surface area contributed by atoms with Crippen molar-refractivity contribution in [1.82, 2.24) is 10.6 Å². The van der Waals surface area contributed by atoms with Gasteiger partial charge in [-0.15, -0.1) is 0 Å². The number of hydrogen-bond donors (Lipinski definition) is 3. The molecule has 24 heavy (non-hydrogen) atoms. The van der Waals surface area contributed by atoms with Crippen molar-refractivity contribution in [2.75, 3.05) is 14.2 Å². The number of phenolic OH excluding ortho intramolecular Hbond substituents is 1. The number of nitrogens with one attached hydrogen (secondary N) is 2. The van der Waals surface area contributed by atoms with E-state index in [1.165, 1.54) is 11.1 Å². The molecule has 1 unspecified atom stereocenters. The van der Waals surface area contributed by atoms with Crippen LogP contribution in [0.15, 0.2) is 47.5 Å². The van der Waals surface area contributed by atoms with Crippen LogP contribution in [0, 0.1) is 6.92 Å². The summed E-state index contributed by atoms with van der Waals surface area (Å²) < 4.78 is 5.19. The minimum absolute atomic E-state index is 0.122. The standard InChI is InChI=1S/C19H25N3O2/c1-13-7-5-6-8-17(13)14(2)22-19(20-3)21-12-15-11-16(24-4)9-10-18(15)23/h5-11,14,23H,12H2,1-4H3,(H2,20,21,22). The summed E-state index contributed by atoms with van der Waals surface area (Å²) in [5.41, 5.74) is 3.21. The molecule has 0 aromatic heterocycles. The number of hydrogen-bond acceptors (Lipinski definition) is 3. The van der Waals surface area contributed by atoms with Gasteiger partial charge < -0.3 is 20.5 Å². The number of aliphatic imine (C=N–C) groups is 1. The van der Waals surface area contributed by atoms with Crippen molar-refractivity contribution in [2.24, 2.45) is 4.99 Å². The summed E-state index contributed by atoms with van der Waals surface area (Å²) in [7, 11) is 3.33. The van der Waals surface area contributed by atoms with Crippen LogP contribution >= 0.6 is 0 Å². The third kappa shape index (κ3) is 4.41. The van der Waals surface area contributed by atoms with Crippen LogP contribution in [0.3, 0.4) is 0 Å². The third-order valence-corrected chi connectivity index (χ3v) is 3.96. The van der Waals surface area contributed by atoms with Gasteiger partial charge in [-0.25, -0.2) is 0 Å². The molecule has 5 heteroatoms. The van der Waals surface area contributed by atoms with Crippen LogP contribution in [0.5, 0.6) is 11.5 Å². The first kappa shape index (κ1) is 17.7. The average molecular weight is 327 g/mol. The van der Waals surface area contributed by atoms with Crippen molar-refractivity contribution in [3.8, 4) is 11.5 Å². The second-order valence-corrected chi connectivity index (χ2v) is 5.64. The Kier molecular flexibility index (Phi) is 6.07. The number of benzene rings is 2. The molecular formula is C19H25N3O2. The molecule has 3 N–H and O–H groups in total. The molecule has 0 spiro atoms. The Morgan fingerprint density at radius 2 is 2.00 bits per heavy atom. The summed E-state index contributed by atoms with van der Waals surface area (Å²) in [5.74, 6) is 1.61. The fraction of sp³-hybridized carbons (Fsp3) is 0.316. The highest BCUT2D eigenvalue weighted by molar-refractivity contribution is 5.80. The summed E-state index contributed by atoms with van der Waals surface area (Å²) in [6.45, 7) is 4.64. The third-order valence-electron chi connectivity index (χ3n) is 3.96. The molecule has 0 saturated carbocycles. The Hall–Kier alpha value is -2.69. The normalized spacial score (nSPS) is 12.6. The molecule has 1 atom stereocenters. The van der Waals surface area contributed by atoms with E-state index in [0.29, 0.717) is 18.3 Å². The number of ether oxygens (including phenoxy) is 1. The van der Waals surface area contributed by atoms with Crippen LogP contribution in [0.1, 0.15) is 29.7 Å². The van der Waals surface area contributed by atoms with Crippen LogP contribution in [-0.4, -0.2) is 25.2 Å². The number of guanidine groups is 1. The van der Waals surface area contributed by atoms with E-state index in [1.54, 1.807) is 32.4 Å². The van der Waals surface area contributed by atoms with Crippen LogP contribution in [0.2, 0.25) is 0 Å². The zero-order chi connectivity index (χ0) is 17.5. The second-order valence-electron chi connectivity index (χ2n) is 5.64. The predicted molar refractivity (Wildman–Crippen MR) is 97.6 cm³/mol. The van der Waals surface area contributed by atoms with Gasteiger partial charge in [0.1, 0.15) is 11.5 Å². The minimum atomic E-state index is 0.122. The fourth-order valence-corrected chi connectivity index (χ4v) is 2.56. The molecule has 2 aromatic rings. The smallest absolute Gasteiger partial charge is 0.191 e. The van der Waals surface area contributed by atoms with E-state index >= 15 is 0 Å². The van der Waals surface area contributed by atoms with E-state index in [1.807, 2.05) is 12.1 Å². The van der Waals surface area contributed by atoms with Gasteiger partial charge in [-0.1, -0.05) is 24.3 Å². The number of aryl methyl sites for hydroxylation is 1. The van der Waals surface area contributed by atoms with Gasteiger partial charge >= 0.3 is 0 Å². The van der Waals surface area contributed by atoms with Crippen molar-refractivity contribution in [3.05, 3.63) is 59.2 Å². The van der Waals surface area contributed by atoms with Crippen LogP contribution in [-0.2, 0) is 6.54 Å². The van der Waals surface area contributed by atoms with E-state index in [2.05, 4.69) is 41.6 Å². The number of aromatic hydroxyl groups is 1. The molecule has 5 nitrogen and oxygen atoms in total. The molecule has 0 amide bonds. The molecule has 0 radical (unpaired) electrons. The lowest BCUT2D eigenvalue weighted by atomic mass is 10.0. The molecule has 0 saturated heterocycles. The number of nitrogens with zero attached hydrogens (tertiary/aromatic N) is 1. The molecular weight excluding hydrogens is 302 g/mol. The zero-order valence-corrected chi connectivity index (χ0v) is 14.6. The van der Waals surface area contributed by atoms with E-state index in [9.17, 15) is 5.11 Å². The van der Waals surface area contributed by atoms with E-state index in [-0.39, 0.29) is 11.8 Å².